The van der Waals surface area contributed by atoms with Crippen LogP contribution >= 0.6 is 11.6 Å². The molecule has 1 N–H and O–H groups in total. The lowest BCUT2D eigenvalue weighted by atomic mass is 10.1. The van der Waals surface area contributed by atoms with Gasteiger partial charge in [-0.05, 0) is 11.6 Å². The Morgan fingerprint density at radius 2 is 2.15 bits per heavy atom. The van der Waals surface area contributed by atoms with Gasteiger partial charge in [0.2, 0.25) is 5.91 Å². The second-order valence-corrected chi connectivity index (χ2v) is 5.09. The van der Waals surface area contributed by atoms with Gasteiger partial charge in [-0.25, -0.2) is 0 Å². The average molecular weight is 298 g/mol. The summed E-state index contributed by atoms with van der Waals surface area (Å²) in [6, 6.07) is 6.75. The van der Waals surface area contributed by atoms with Crippen LogP contribution in [-0.4, -0.2) is 47.7 Å². The lowest BCUT2D eigenvalue weighted by Gasteiger charge is -2.35. The molecule has 1 aliphatic heterocycles. The second-order valence-electron chi connectivity index (χ2n) is 4.68. The summed E-state index contributed by atoms with van der Waals surface area (Å²) in [6.45, 7) is 1.12. The molecule has 0 aromatic heterocycles. The van der Waals surface area contributed by atoms with Crippen LogP contribution in [0.1, 0.15) is 12.0 Å². The third-order valence-corrected chi connectivity index (χ3v) is 3.63. The van der Waals surface area contributed by atoms with E-state index in [0.29, 0.717) is 18.2 Å². The standard InChI is InChI=1S/C14H16ClNO4/c15-12-4-2-1-3-10(12)7-13(17)16-5-6-20-9-11(16)8-14(18)19/h1-4,11H,5-9H2,(H,18,19)/t11-/m1/s1. The van der Waals surface area contributed by atoms with Crippen molar-refractivity contribution in [3.63, 3.8) is 0 Å². The zero-order chi connectivity index (χ0) is 14.5. The van der Waals surface area contributed by atoms with Crippen molar-refractivity contribution in [2.45, 2.75) is 18.9 Å². The third kappa shape index (κ3) is 3.71. The van der Waals surface area contributed by atoms with Crippen LogP contribution in [0.5, 0.6) is 0 Å². The number of morpholine rings is 1. The summed E-state index contributed by atoms with van der Waals surface area (Å²) in [6.07, 6.45) is 0.0735. The maximum atomic E-state index is 12.3. The summed E-state index contributed by atoms with van der Waals surface area (Å²) < 4.78 is 5.25. The predicted octanol–water partition coefficient (Wildman–Crippen LogP) is 1.58. The molecule has 0 bridgehead atoms. The van der Waals surface area contributed by atoms with E-state index in [0.717, 1.165) is 5.56 Å². The fourth-order valence-corrected chi connectivity index (χ4v) is 2.46. The quantitative estimate of drug-likeness (QED) is 0.916. The van der Waals surface area contributed by atoms with Crippen molar-refractivity contribution < 1.29 is 19.4 Å². The minimum absolute atomic E-state index is 0.103. The lowest BCUT2D eigenvalue weighted by Crippen LogP contribution is -2.50. The fourth-order valence-electron chi connectivity index (χ4n) is 2.26. The summed E-state index contributed by atoms with van der Waals surface area (Å²) >= 11 is 6.04. The molecular formula is C14H16ClNO4. The number of aliphatic carboxylic acids is 1. The van der Waals surface area contributed by atoms with Crippen molar-refractivity contribution in [3.8, 4) is 0 Å². The van der Waals surface area contributed by atoms with Crippen LogP contribution in [0.25, 0.3) is 0 Å². The Kier molecular flexibility index (Phi) is 4.98. The highest BCUT2D eigenvalue weighted by Gasteiger charge is 2.29. The largest absolute Gasteiger partial charge is 0.481 e. The van der Waals surface area contributed by atoms with E-state index >= 15 is 0 Å². The minimum Gasteiger partial charge on any atom is -0.481 e. The van der Waals surface area contributed by atoms with Crippen LogP contribution in [-0.2, 0) is 20.7 Å². The van der Waals surface area contributed by atoms with Gasteiger partial charge in [0.05, 0.1) is 32.1 Å². The van der Waals surface area contributed by atoms with Crippen molar-refractivity contribution in [1.82, 2.24) is 4.90 Å². The number of hydrogen-bond acceptors (Lipinski definition) is 3. The minimum atomic E-state index is -0.934. The zero-order valence-corrected chi connectivity index (χ0v) is 11.7. The first-order chi connectivity index (χ1) is 9.58. The number of nitrogens with zero attached hydrogens (tertiary/aromatic N) is 1. The molecular weight excluding hydrogens is 282 g/mol. The molecule has 1 amide bonds. The number of rotatable bonds is 4. The highest BCUT2D eigenvalue weighted by atomic mass is 35.5. The van der Waals surface area contributed by atoms with Crippen LogP contribution in [0.15, 0.2) is 24.3 Å². The number of carboxylic acid groups (broad SMARTS) is 1. The van der Waals surface area contributed by atoms with E-state index in [1.165, 1.54) is 0 Å². The molecule has 5 nitrogen and oxygen atoms in total. The molecule has 0 spiro atoms. The summed E-state index contributed by atoms with van der Waals surface area (Å²) in [4.78, 5) is 24.7. The molecule has 2 rings (SSSR count). The van der Waals surface area contributed by atoms with Gasteiger partial charge in [-0.15, -0.1) is 0 Å². The maximum absolute atomic E-state index is 12.3. The van der Waals surface area contributed by atoms with Gasteiger partial charge in [0.1, 0.15) is 0 Å². The number of benzene rings is 1. The van der Waals surface area contributed by atoms with Crippen LogP contribution in [0.3, 0.4) is 0 Å². The Morgan fingerprint density at radius 1 is 1.40 bits per heavy atom. The molecule has 0 aliphatic carbocycles. The van der Waals surface area contributed by atoms with Gasteiger partial charge in [-0.1, -0.05) is 29.8 Å². The van der Waals surface area contributed by atoms with E-state index < -0.39 is 12.0 Å². The molecule has 1 fully saturated rings. The van der Waals surface area contributed by atoms with Crippen LogP contribution in [0.4, 0.5) is 0 Å². The molecule has 1 aromatic rings. The van der Waals surface area contributed by atoms with Crippen molar-refractivity contribution in [2.75, 3.05) is 19.8 Å². The second kappa shape index (κ2) is 6.72. The van der Waals surface area contributed by atoms with Crippen molar-refractivity contribution in [3.05, 3.63) is 34.9 Å². The molecule has 0 saturated carbocycles. The van der Waals surface area contributed by atoms with Crippen molar-refractivity contribution >= 4 is 23.5 Å². The van der Waals surface area contributed by atoms with E-state index in [1.54, 1.807) is 23.1 Å². The Bertz CT molecular complexity index is 506. The summed E-state index contributed by atoms with van der Waals surface area (Å²) in [5.41, 5.74) is 0.750. The van der Waals surface area contributed by atoms with Gasteiger partial charge < -0.3 is 14.7 Å². The Balaban J connectivity index is 2.06. The van der Waals surface area contributed by atoms with E-state index in [9.17, 15) is 9.59 Å². The Labute approximate surface area is 122 Å². The molecule has 108 valence electrons. The highest BCUT2D eigenvalue weighted by Crippen LogP contribution is 2.18. The number of carbonyl (C=O) groups excluding carboxylic acids is 1. The maximum Gasteiger partial charge on any atom is 0.305 e. The molecule has 0 unspecified atom stereocenters. The topological polar surface area (TPSA) is 66.8 Å². The van der Waals surface area contributed by atoms with Gasteiger partial charge in [0.15, 0.2) is 0 Å². The molecule has 1 aromatic carbocycles. The highest BCUT2D eigenvalue weighted by molar-refractivity contribution is 6.31. The molecule has 1 aliphatic rings. The van der Waals surface area contributed by atoms with Crippen LogP contribution in [0, 0.1) is 0 Å². The van der Waals surface area contributed by atoms with Gasteiger partial charge in [-0.3, -0.25) is 9.59 Å². The summed E-state index contributed by atoms with van der Waals surface area (Å²) in [7, 11) is 0. The van der Waals surface area contributed by atoms with E-state index in [-0.39, 0.29) is 25.4 Å². The number of ether oxygens (including phenoxy) is 1. The number of carbonyl (C=O) groups is 2. The Morgan fingerprint density at radius 3 is 2.85 bits per heavy atom. The molecule has 1 saturated heterocycles. The van der Waals surface area contributed by atoms with Gasteiger partial charge >= 0.3 is 5.97 Å². The number of amides is 1. The number of carboxylic acids is 1. The van der Waals surface area contributed by atoms with Crippen molar-refractivity contribution in [1.29, 1.82) is 0 Å². The van der Waals surface area contributed by atoms with E-state index in [2.05, 4.69) is 0 Å². The van der Waals surface area contributed by atoms with Gasteiger partial charge in [0.25, 0.3) is 0 Å². The van der Waals surface area contributed by atoms with Crippen LogP contribution < -0.4 is 0 Å². The zero-order valence-electron chi connectivity index (χ0n) is 10.9. The summed E-state index contributed by atoms with van der Waals surface area (Å²) in [5.74, 6) is -1.05. The molecule has 0 radical (unpaired) electrons. The first kappa shape index (κ1) is 14.8. The average Bonchev–Trinajstić information content (AvgIpc) is 2.41. The van der Waals surface area contributed by atoms with Gasteiger partial charge in [0, 0.05) is 11.6 Å². The normalized spacial score (nSPS) is 18.9. The number of halogens is 1. The lowest BCUT2D eigenvalue weighted by molar-refractivity contribution is -0.145. The first-order valence-corrected chi connectivity index (χ1v) is 6.78. The third-order valence-electron chi connectivity index (χ3n) is 3.26. The predicted molar refractivity (Wildman–Crippen MR) is 73.7 cm³/mol. The van der Waals surface area contributed by atoms with E-state index in [1.807, 2.05) is 6.07 Å². The van der Waals surface area contributed by atoms with Crippen LogP contribution in [0.2, 0.25) is 5.02 Å². The fraction of sp³-hybridized carbons (Fsp3) is 0.429. The van der Waals surface area contributed by atoms with Gasteiger partial charge in [-0.2, -0.15) is 0 Å². The Hall–Kier alpha value is -1.59. The smallest absolute Gasteiger partial charge is 0.305 e. The monoisotopic (exact) mass is 297 g/mol. The number of hydrogen-bond donors (Lipinski definition) is 1. The molecule has 1 atom stereocenters. The van der Waals surface area contributed by atoms with Crippen molar-refractivity contribution in [2.24, 2.45) is 0 Å². The SMILES string of the molecule is O=C(O)C[C@@H]1COCCN1C(=O)Cc1ccccc1Cl. The summed E-state index contributed by atoms with van der Waals surface area (Å²) in [5, 5.41) is 9.43. The van der Waals surface area contributed by atoms with E-state index in [4.69, 9.17) is 21.4 Å². The molecule has 1 heterocycles. The molecule has 20 heavy (non-hydrogen) atoms. The molecule has 6 heteroatoms. The first-order valence-electron chi connectivity index (χ1n) is 6.40.